The number of amides is 2. The molecule has 10 heteroatoms. The summed E-state index contributed by atoms with van der Waals surface area (Å²) >= 11 is 2.71. The van der Waals surface area contributed by atoms with Crippen LogP contribution in [0.1, 0.15) is 14.5 Å². The molecular formula is C22H17N5O3S2. The van der Waals surface area contributed by atoms with E-state index in [0.717, 1.165) is 22.1 Å². The third kappa shape index (κ3) is 5.43. The molecule has 0 aliphatic carbocycles. The maximum absolute atomic E-state index is 12.6. The SMILES string of the molecule is O=C(/C=C/c1ccc(C(=O)Nc2cccc(Nc3nc(-c4cccnc4)cs3)c2)s1)NO. The van der Waals surface area contributed by atoms with Gasteiger partial charge in [-0.2, -0.15) is 0 Å². The van der Waals surface area contributed by atoms with Crippen molar-refractivity contribution >= 4 is 57.1 Å². The number of nitrogens with one attached hydrogen (secondary N) is 3. The lowest BCUT2D eigenvalue weighted by atomic mass is 10.2. The van der Waals surface area contributed by atoms with Crippen molar-refractivity contribution in [3.63, 3.8) is 0 Å². The Balaban J connectivity index is 1.41. The minimum atomic E-state index is -0.637. The summed E-state index contributed by atoms with van der Waals surface area (Å²) < 4.78 is 0. The molecule has 0 unspecified atom stereocenters. The number of thiazole rings is 1. The molecule has 0 saturated carbocycles. The van der Waals surface area contributed by atoms with Crippen LogP contribution in [0.2, 0.25) is 0 Å². The Morgan fingerprint density at radius 1 is 1.06 bits per heavy atom. The largest absolute Gasteiger partial charge is 0.331 e. The van der Waals surface area contributed by atoms with Gasteiger partial charge in [0, 0.05) is 45.7 Å². The van der Waals surface area contributed by atoms with Crippen molar-refractivity contribution in [3.05, 3.63) is 82.1 Å². The number of hydroxylamine groups is 1. The molecule has 32 heavy (non-hydrogen) atoms. The fourth-order valence-electron chi connectivity index (χ4n) is 2.73. The molecule has 2 amide bonds. The van der Waals surface area contributed by atoms with Gasteiger partial charge in [0.2, 0.25) is 0 Å². The number of hydrogen-bond acceptors (Lipinski definition) is 8. The molecule has 0 fully saturated rings. The maximum Gasteiger partial charge on any atom is 0.267 e. The third-order valence-corrected chi connectivity index (χ3v) is 6.00. The summed E-state index contributed by atoms with van der Waals surface area (Å²) in [4.78, 5) is 33.5. The zero-order valence-corrected chi connectivity index (χ0v) is 18.1. The van der Waals surface area contributed by atoms with Gasteiger partial charge in [0.05, 0.1) is 10.6 Å². The van der Waals surface area contributed by atoms with E-state index in [4.69, 9.17) is 5.21 Å². The molecule has 4 rings (SSSR count). The van der Waals surface area contributed by atoms with Crippen LogP contribution in [-0.4, -0.2) is 27.0 Å². The molecule has 4 N–H and O–H groups in total. The summed E-state index contributed by atoms with van der Waals surface area (Å²) in [6, 6.07) is 14.6. The number of anilines is 3. The molecule has 0 spiro atoms. The Labute approximate surface area is 191 Å². The molecule has 1 aromatic carbocycles. The lowest BCUT2D eigenvalue weighted by molar-refractivity contribution is -0.124. The Morgan fingerprint density at radius 3 is 2.75 bits per heavy atom. The number of rotatable bonds is 7. The zero-order valence-electron chi connectivity index (χ0n) is 16.5. The van der Waals surface area contributed by atoms with Crippen LogP contribution in [0.15, 0.2) is 72.4 Å². The van der Waals surface area contributed by atoms with Gasteiger partial charge in [-0.25, -0.2) is 10.5 Å². The fraction of sp³-hybridized carbons (Fsp3) is 0. The Bertz CT molecular complexity index is 1270. The van der Waals surface area contributed by atoms with Crippen LogP contribution in [-0.2, 0) is 4.79 Å². The molecule has 0 atom stereocenters. The van der Waals surface area contributed by atoms with Crippen molar-refractivity contribution in [3.8, 4) is 11.3 Å². The van der Waals surface area contributed by atoms with Gasteiger partial charge in [-0.3, -0.25) is 19.8 Å². The summed E-state index contributed by atoms with van der Waals surface area (Å²) in [5.74, 6) is -0.895. The molecule has 160 valence electrons. The molecule has 3 aromatic heterocycles. The number of aromatic nitrogens is 2. The average Bonchev–Trinajstić information content (AvgIpc) is 3.48. The Hall–Kier alpha value is -3.86. The van der Waals surface area contributed by atoms with E-state index in [1.54, 1.807) is 30.6 Å². The summed E-state index contributed by atoms with van der Waals surface area (Å²) in [6.45, 7) is 0. The summed E-state index contributed by atoms with van der Waals surface area (Å²) in [7, 11) is 0. The standard InChI is InChI=1S/C22H17N5O3S2/c28-20(27-30)9-7-17-6-8-19(32-17)21(29)24-15-4-1-5-16(11-15)25-22-26-18(13-31-22)14-3-2-10-23-12-14/h1-13,30H,(H,24,29)(H,25,26)(H,27,28)/b9-7+. The minimum absolute atomic E-state index is 0.258. The van der Waals surface area contributed by atoms with E-state index in [1.807, 2.05) is 35.7 Å². The van der Waals surface area contributed by atoms with E-state index < -0.39 is 5.91 Å². The number of benzene rings is 1. The van der Waals surface area contributed by atoms with Crippen LogP contribution in [0.25, 0.3) is 17.3 Å². The first-order chi connectivity index (χ1) is 15.6. The molecule has 4 aromatic rings. The molecule has 0 saturated heterocycles. The van der Waals surface area contributed by atoms with Gasteiger partial charge in [0.15, 0.2) is 5.13 Å². The second-order valence-electron chi connectivity index (χ2n) is 6.45. The maximum atomic E-state index is 12.6. The number of nitrogens with zero attached hydrogens (tertiary/aromatic N) is 2. The number of carbonyl (C=O) groups is 2. The topological polar surface area (TPSA) is 116 Å². The lowest BCUT2D eigenvalue weighted by Crippen LogP contribution is -2.14. The number of hydrogen-bond donors (Lipinski definition) is 4. The van der Waals surface area contributed by atoms with E-state index in [1.165, 1.54) is 40.3 Å². The molecule has 0 bridgehead atoms. The summed E-state index contributed by atoms with van der Waals surface area (Å²) in [6.07, 6.45) is 6.19. The predicted octanol–water partition coefficient (Wildman–Crippen LogP) is 4.78. The van der Waals surface area contributed by atoms with Crippen molar-refractivity contribution < 1.29 is 14.8 Å². The van der Waals surface area contributed by atoms with Crippen molar-refractivity contribution in [2.45, 2.75) is 0 Å². The van der Waals surface area contributed by atoms with Crippen molar-refractivity contribution in [1.82, 2.24) is 15.4 Å². The monoisotopic (exact) mass is 463 g/mol. The first-order valence-electron chi connectivity index (χ1n) is 9.37. The van der Waals surface area contributed by atoms with E-state index >= 15 is 0 Å². The third-order valence-electron chi connectivity index (χ3n) is 4.19. The van der Waals surface area contributed by atoms with Crippen molar-refractivity contribution in [2.75, 3.05) is 10.6 Å². The summed E-state index contributed by atoms with van der Waals surface area (Å²) in [5, 5.41) is 17.3. The first-order valence-corrected chi connectivity index (χ1v) is 11.1. The van der Waals surface area contributed by atoms with Crippen LogP contribution >= 0.6 is 22.7 Å². The highest BCUT2D eigenvalue weighted by atomic mass is 32.1. The molecule has 3 heterocycles. The normalized spacial score (nSPS) is 10.8. The molecule has 0 radical (unpaired) electrons. The van der Waals surface area contributed by atoms with Crippen molar-refractivity contribution in [1.29, 1.82) is 0 Å². The average molecular weight is 464 g/mol. The van der Waals surface area contributed by atoms with E-state index in [2.05, 4.69) is 20.6 Å². The van der Waals surface area contributed by atoms with Gasteiger partial charge in [0.25, 0.3) is 11.8 Å². The Morgan fingerprint density at radius 2 is 1.94 bits per heavy atom. The highest BCUT2D eigenvalue weighted by molar-refractivity contribution is 7.15. The van der Waals surface area contributed by atoms with Crippen LogP contribution < -0.4 is 16.1 Å². The second kappa shape index (κ2) is 9.96. The molecular weight excluding hydrogens is 446 g/mol. The van der Waals surface area contributed by atoms with Gasteiger partial charge in [-0.05, 0) is 48.5 Å². The van der Waals surface area contributed by atoms with Crippen molar-refractivity contribution in [2.24, 2.45) is 0 Å². The van der Waals surface area contributed by atoms with Gasteiger partial charge in [-0.1, -0.05) is 6.07 Å². The van der Waals surface area contributed by atoms with Gasteiger partial charge < -0.3 is 10.6 Å². The van der Waals surface area contributed by atoms with E-state index in [9.17, 15) is 9.59 Å². The number of pyridine rings is 1. The molecule has 0 aliphatic heterocycles. The van der Waals surface area contributed by atoms with Crippen LogP contribution in [0.5, 0.6) is 0 Å². The van der Waals surface area contributed by atoms with Crippen LogP contribution in [0, 0.1) is 0 Å². The van der Waals surface area contributed by atoms with Gasteiger partial charge >= 0.3 is 0 Å². The van der Waals surface area contributed by atoms with E-state index in [-0.39, 0.29) is 5.91 Å². The van der Waals surface area contributed by atoms with E-state index in [0.29, 0.717) is 15.4 Å². The predicted molar refractivity (Wildman–Crippen MR) is 126 cm³/mol. The number of carbonyl (C=O) groups excluding carboxylic acids is 2. The smallest absolute Gasteiger partial charge is 0.267 e. The number of thiophene rings is 1. The van der Waals surface area contributed by atoms with Crippen LogP contribution in [0.3, 0.4) is 0 Å². The van der Waals surface area contributed by atoms with Gasteiger partial charge in [-0.15, -0.1) is 22.7 Å². The minimum Gasteiger partial charge on any atom is -0.331 e. The fourth-order valence-corrected chi connectivity index (χ4v) is 4.27. The molecule has 8 nitrogen and oxygen atoms in total. The highest BCUT2D eigenvalue weighted by Gasteiger charge is 2.10. The molecule has 0 aliphatic rings. The summed E-state index contributed by atoms with van der Waals surface area (Å²) in [5.41, 5.74) is 4.73. The Kier molecular flexibility index (Phi) is 6.66. The first kappa shape index (κ1) is 21.4. The van der Waals surface area contributed by atoms with Crippen LogP contribution in [0.4, 0.5) is 16.5 Å². The zero-order chi connectivity index (χ0) is 22.3. The van der Waals surface area contributed by atoms with Gasteiger partial charge in [0.1, 0.15) is 0 Å². The lowest BCUT2D eigenvalue weighted by Gasteiger charge is -2.07. The second-order valence-corrected chi connectivity index (χ2v) is 8.42. The quantitative estimate of drug-likeness (QED) is 0.178. The highest BCUT2D eigenvalue weighted by Crippen LogP contribution is 2.28.